The molecule has 1 unspecified atom stereocenters. The van der Waals surface area contributed by atoms with E-state index in [2.05, 4.69) is 19.2 Å². The van der Waals surface area contributed by atoms with Crippen molar-refractivity contribution in [2.24, 2.45) is 5.41 Å². The molecular formula is C13H27NO3. The summed E-state index contributed by atoms with van der Waals surface area (Å²) in [5, 5.41) is 23.0. The zero-order chi connectivity index (χ0) is 12.9. The highest BCUT2D eigenvalue weighted by atomic mass is 16.5. The minimum atomic E-state index is -0.595. The second-order valence-electron chi connectivity index (χ2n) is 6.13. The quantitative estimate of drug-likeness (QED) is 0.651. The molecule has 0 aliphatic heterocycles. The first-order valence-corrected chi connectivity index (χ1v) is 6.47. The van der Waals surface area contributed by atoms with E-state index in [1.54, 1.807) is 7.11 Å². The summed E-state index contributed by atoms with van der Waals surface area (Å²) in [7, 11) is 1.57. The van der Waals surface area contributed by atoms with Crippen molar-refractivity contribution in [3.8, 4) is 0 Å². The van der Waals surface area contributed by atoms with Gasteiger partial charge in [-0.2, -0.15) is 0 Å². The number of aliphatic hydroxyl groups excluding tert-OH is 1. The Morgan fingerprint density at radius 2 is 1.82 bits per heavy atom. The summed E-state index contributed by atoms with van der Waals surface area (Å²) in [6.07, 6.45) is 3.31. The number of aliphatic hydroxyl groups is 2. The van der Waals surface area contributed by atoms with Crippen LogP contribution in [0.1, 0.15) is 39.5 Å². The second-order valence-corrected chi connectivity index (χ2v) is 6.13. The molecule has 1 aliphatic carbocycles. The van der Waals surface area contributed by atoms with Crippen LogP contribution in [0.2, 0.25) is 0 Å². The van der Waals surface area contributed by atoms with Gasteiger partial charge in [-0.15, -0.1) is 0 Å². The molecule has 0 aromatic carbocycles. The van der Waals surface area contributed by atoms with Crippen LogP contribution >= 0.6 is 0 Å². The molecule has 1 aliphatic rings. The molecular weight excluding hydrogens is 218 g/mol. The Hall–Kier alpha value is -0.160. The third kappa shape index (κ3) is 5.34. The van der Waals surface area contributed by atoms with Crippen molar-refractivity contribution in [3.05, 3.63) is 0 Å². The van der Waals surface area contributed by atoms with Crippen LogP contribution in [-0.2, 0) is 4.74 Å². The van der Waals surface area contributed by atoms with Gasteiger partial charge >= 0.3 is 0 Å². The van der Waals surface area contributed by atoms with Gasteiger partial charge < -0.3 is 20.3 Å². The molecule has 17 heavy (non-hydrogen) atoms. The van der Waals surface area contributed by atoms with Gasteiger partial charge in [-0.25, -0.2) is 0 Å². The highest BCUT2D eigenvalue weighted by molar-refractivity contribution is 4.90. The Morgan fingerprint density at radius 1 is 1.24 bits per heavy atom. The van der Waals surface area contributed by atoms with Crippen molar-refractivity contribution < 1.29 is 14.9 Å². The van der Waals surface area contributed by atoms with Crippen molar-refractivity contribution in [2.75, 3.05) is 26.8 Å². The zero-order valence-corrected chi connectivity index (χ0v) is 11.3. The average Bonchev–Trinajstić information content (AvgIpc) is 2.24. The van der Waals surface area contributed by atoms with Gasteiger partial charge in [-0.3, -0.25) is 0 Å². The lowest BCUT2D eigenvalue weighted by molar-refractivity contribution is -0.0271. The molecule has 0 bridgehead atoms. The number of methoxy groups -OCH3 is 1. The third-order valence-electron chi connectivity index (χ3n) is 3.73. The van der Waals surface area contributed by atoms with Crippen molar-refractivity contribution in [3.63, 3.8) is 0 Å². The van der Waals surface area contributed by atoms with Crippen molar-refractivity contribution in [2.45, 2.75) is 51.2 Å². The van der Waals surface area contributed by atoms with Crippen molar-refractivity contribution in [1.29, 1.82) is 0 Å². The van der Waals surface area contributed by atoms with Crippen LogP contribution in [0.5, 0.6) is 0 Å². The number of nitrogens with one attached hydrogen (secondary N) is 1. The maximum absolute atomic E-state index is 10.4. The fourth-order valence-corrected chi connectivity index (χ4v) is 2.29. The monoisotopic (exact) mass is 245 g/mol. The molecule has 0 heterocycles. The van der Waals surface area contributed by atoms with Gasteiger partial charge in [0.2, 0.25) is 0 Å². The van der Waals surface area contributed by atoms with E-state index in [0.29, 0.717) is 25.1 Å². The largest absolute Gasteiger partial charge is 0.389 e. The Balaban J connectivity index is 2.22. The normalized spacial score (nSPS) is 24.5. The molecule has 0 spiro atoms. The summed E-state index contributed by atoms with van der Waals surface area (Å²) in [5.41, 5.74) is -0.232. The van der Waals surface area contributed by atoms with Crippen LogP contribution in [0.25, 0.3) is 0 Å². The molecule has 0 aromatic heterocycles. The molecule has 0 amide bonds. The summed E-state index contributed by atoms with van der Waals surface area (Å²) in [6, 6.07) is 0. The highest BCUT2D eigenvalue weighted by Crippen LogP contribution is 2.39. The predicted molar refractivity (Wildman–Crippen MR) is 68.0 cm³/mol. The molecule has 1 rings (SSSR count). The zero-order valence-electron chi connectivity index (χ0n) is 11.3. The Labute approximate surface area is 104 Å². The number of rotatable bonds is 6. The number of hydrogen-bond donors (Lipinski definition) is 3. The SMILES string of the molecule is COCC(O)CNCC1(O)CCC(C)(C)CC1. The van der Waals surface area contributed by atoms with E-state index in [1.165, 1.54) is 0 Å². The average molecular weight is 245 g/mol. The smallest absolute Gasteiger partial charge is 0.0897 e. The lowest BCUT2D eigenvalue weighted by Gasteiger charge is -2.40. The molecule has 1 saturated carbocycles. The molecule has 1 fully saturated rings. The summed E-state index contributed by atoms with van der Waals surface area (Å²) in [6.45, 7) is 5.87. The molecule has 1 atom stereocenters. The molecule has 102 valence electrons. The molecule has 0 saturated heterocycles. The van der Waals surface area contributed by atoms with E-state index in [4.69, 9.17) is 4.74 Å². The van der Waals surface area contributed by atoms with Gasteiger partial charge in [-0.1, -0.05) is 13.8 Å². The van der Waals surface area contributed by atoms with Crippen molar-refractivity contribution >= 4 is 0 Å². The van der Waals surface area contributed by atoms with E-state index < -0.39 is 11.7 Å². The lowest BCUT2D eigenvalue weighted by Crippen LogP contribution is -2.46. The first-order valence-electron chi connectivity index (χ1n) is 6.47. The summed E-state index contributed by atoms with van der Waals surface area (Å²) >= 11 is 0. The topological polar surface area (TPSA) is 61.7 Å². The second kappa shape index (κ2) is 6.14. The Bertz CT molecular complexity index is 221. The standard InChI is InChI=1S/C13H27NO3/c1-12(2)4-6-13(16,7-5-12)10-14-8-11(15)9-17-3/h11,14-16H,4-10H2,1-3H3. The predicted octanol–water partition coefficient (Wildman–Crippen LogP) is 0.915. The first-order chi connectivity index (χ1) is 7.87. The summed E-state index contributed by atoms with van der Waals surface area (Å²) in [4.78, 5) is 0. The summed E-state index contributed by atoms with van der Waals surface area (Å²) < 4.78 is 4.85. The van der Waals surface area contributed by atoms with E-state index in [9.17, 15) is 10.2 Å². The summed E-state index contributed by atoms with van der Waals surface area (Å²) in [5.74, 6) is 0. The Morgan fingerprint density at radius 3 is 2.35 bits per heavy atom. The molecule has 4 heteroatoms. The maximum atomic E-state index is 10.4. The first kappa shape index (κ1) is 14.9. The number of ether oxygens (including phenoxy) is 1. The van der Waals surface area contributed by atoms with Crippen molar-refractivity contribution in [1.82, 2.24) is 5.32 Å². The maximum Gasteiger partial charge on any atom is 0.0897 e. The van der Waals surface area contributed by atoms with E-state index in [1.807, 2.05) is 0 Å². The van der Waals surface area contributed by atoms with E-state index in [0.717, 1.165) is 25.7 Å². The van der Waals surface area contributed by atoms with Crippen LogP contribution in [0.3, 0.4) is 0 Å². The van der Waals surface area contributed by atoms with Crippen LogP contribution < -0.4 is 5.32 Å². The fourth-order valence-electron chi connectivity index (χ4n) is 2.29. The van der Waals surface area contributed by atoms with Crippen LogP contribution in [0, 0.1) is 5.41 Å². The van der Waals surface area contributed by atoms with Gasteiger partial charge in [0.15, 0.2) is 0 Å². The Kier molecular flexibility index (Phi) is 5.38. The van der Waals surface area contributed by atoms with E-state index >= 15 is 0 Å². The minimum Gasteiger partial charge on any atom is -0.389 e. The van der Waals surface area contributed by atoms with Gasteiger partial charge in [0, 0.05) is 20.2 Å². The van der Waals surface area contributed by atoms with Crippen LogP contribution in [0.15, 0.2) is 0 Å². The van der Waals surface area contributed by atoms with Gasteiger partial charge in [-0.05, 0) is 31.1 Å². The van der Waals surface area contributed by atoms with Gasteiger partial charge in [0.25, 0.3) is 0 Å². The lowest BCUT2D eigenvalue weighted by atomic mass is 9.71. The molecule has 4 nitrogen and oxygen atoms in total. The molecule has 3 N–H and O–H groups in total. The van der Waals surface area contributed by atoms with E-state index in [-0.39, 0.29) is 0 Å². The van der Waals surface area contributed by atoms with Gasteiger partial charge in [0.05, 0.1) is 18.3 Å². The number of hydrogen-bond acceptors (Lipinski definition) is 4. The highest BCUT2D eigenvalue weighted by Gasteiger charge is 2.36. The van der Waals surface area contributed by atoms with Crippen LogP contribution in [-0.4, -0.2) is 48.7 Å². The fraction of sp³-hybridized carbons (Fsp3) is 1.00. The van der Waals surface area contributed by atoms with Crippen LogP contribution in [0.4, 0.5) is 0 Å². The van der Waals surface area contributed by atoms with Gasteiger partial charge in [0.1, 0.15) is 0 Å². The third-order valence-corrected chi connectivity index (χ3v) is 3.73. The molecule has 0 aromatic rings. The minimum absolute atomic E-state index is 0.332. The molecule has 0 radical (unpaired) electrons.